The van der Waals surface area contributed by atoms with Gasteiger partial charge in [-0.05, 0) is 61.1 Å². The summed E-state index contributed by atoms with van der Waals surface area (Å²) in [6, 6.07) is 16.8. The second-order valence-electron chi connectivity index (χ2n) is 10.7. The lowest BCUT2D eigenvalue weighted by Crippen LogP contribution is -2.62. The number of hydrogen-bond donors (Lipinski definition) is 2. The van der Waals surface area contributed by atoms with Crippen molar-refractivity contribution < 1.29 is 35.1 Å². The molecule has 3 aliphatic rings. The van der Waals surface area contributed by atoms with Gasteiger partial charge in [0.25, 0.3) is 5.91 Å². The van der Waals surface area contributed by atoms with E-state index < -0.39 is 41.7 Å². The van der Waals surface area contributed by atoms with Crippen LogP contribution < -0.4 is 15.4 Å². The first-order valence-corrected chi connectivity index (χ1v) is 13.0. The Morgan fingerprint density at radius 1 is 0.949 bits per heavy atom. The third kappa shape index (κ3) is 5.06. The van der Waals surface area contributed by atoms with E-state index in [1.807, 2.05) is 42.5 Å². The molecule has 2 amide bonds. The molecule has 2 aromatic carbocycles. The fourth-order valence-electron chi connectivity index (χ4n) is 4.98. The van der Waals surface area contributed by atoms with Gasteiger partial charge in [0.15, 0.2) is 5.76 Å². The van der Waals surface area contributed by atoms with Crippen LogP contribution in [0.25, 0.3) is 22.1 Å². The number of nitriles is 1. The van der Waals surface area contributed by atoms with E-state index in [0.29, 0.717) is 37.0 Å². The lowest BCUT2D eigenvalue weighted by molar-refractivity contribution is -0.133. The Bertz CT molecular complexity index is 1470. The number of carbonyl (C=O) groups excluding carboxylic acids is 2. The molecule has 3 aromatic rings. The van der Waals surface area contributed by atoms with Crippen LogP contribution in [0.1, 0.15) is 51.9 Å². The molecule has 0 radical (unpaired) electrons. The Hall–Kier alpha value is -3.97. The van der Waals surface area contributed by atoms with Gasteiger partial charge in [0, 0.05) is 21.1 Å². The zero-order chi connectivity index (χ0) is 27.3. The summed E-state index contributed by atoms with van der Waals surface area (Å²) in [5, 5.41) is 15.4. The number of benzene rings is 2. The molecule has 1 aliphatic heterocycles. The van der Waals surface area contributed by atoms with E-state index in [1.54, 1.807) is 6.07 Å². The summed E-state index contributed by atoms with van der Waals surface area (Å²) >= 11 is 0. The number of ether oxygens (including phenoxy) is 2. The molecule has 0 bridgehead atoms. The highest BCUT2D eigenvalue weighted by Gasteiger charge is 2.53. The third-order valence-electron chi connectivity index (χ3n) is 7.78. The fourth-order valence-corrected chi connectivity index (χ4v) is 4.98. The van der Waals surface area contributed by atoms with Crippen molar-refractivity contribution in [1.29, 1.82) is 5.26 Å². The molecule has 1 aromatic heterocycles. The van der Waals surface area contributed by atoms with Crippen molar-refractivity contribution >= 4 is 22.8 Å². The van der Waals surface area contributed by atoms with Crippen LogP contribution in [0.5, 0.6) is 5.75 Å². The lowest BCUT2D eigenvalue weighted by atomic mass is 9.78. The van der Waals surface area contributed by atoms with Gasteiger partial charge in [0.05, 0.1) is 19.3 Å². The average Bonchev–Trinajstić information content (AvgIpc) is 3.54. The van der Waals surface area contributed by atoms with Crippen LogP contribution >= 0.6 is 0 Å². The number of nitrogens with one attached hydrogen (secondary N) is 2. The SMILES string of the molecule is N#CC1(NC(=O)C2(NC(=O)c3cc4ccc(-c5ccc(OC6COC6)cc5)cc4o3)CCC(F)(F)CC2)CC1.[HH].[HH]. The molecule has 0 spiro atoms. The number of alkyl halides is 2. The monoisotopic (exact) mass is 539 g/mol. The first-order valence-electron chi connectivity index (χ1n) is 13.0. The minimum absolute atomic E-state index is 0. The van der Waals surface area contributed by atoms with E-state index in [4.69, 9.17) is 13.9 Å². The van der Waals surface area contributed by atoms with E-state index in [0.717, 1.165) is 16.9 Å². The summed E-state index contributed by atoms with van der Waals surface area (Å²) in [6.45, 7) is 1.18. The van der Waals surface area contributed by atoms with Crippen molar-refractivity contribution in [3.63, 3.8) is 0 Å². The topological polar surface area (TPSA) is 114 Å². The molecule has 10 heteroatoms. The summed E-state index contributed by atoms with van der Waals surface area (Å²) < 4.78 is 44.7. The first-order chi connectivity index (χ1) is 18.7. The highest BCUT2D eigenvalue weighted by atomic mass is 19.3. The molecule has 2 N–H and O–H groups in total. The highest BCUT2D eigenvalue weighted by Crippen LogP contribution is 2.41. The third-order valence-corrected chi connectivity index (χ3v) is 7.78. The second-order valence-corrected chi connectivity index (χ2v) is 10.7. The Morgan fingerprint density at radius 2 is 1.64 bits per heavy atom. The number of hydrogen-bond acceptors (Lipinski definition) is 6. The van der Waals surface area contributed by atoms with Gasteiger partial charge in [-0.2, -0.15) is 5.26 Å². The summed E-state index contributed by atoms with van der Waals surface area (Å²) in [6.07, 6.45) is -0.492. The first kappa shape index (κ1) is 25.3. The molecule has 8 nitrogen and oxygen atoms in total. The number of rotatable bonds is 7. The normalized spacial score (nSPS) is 20.8. The second kappa shape index (κ2) is 9.35. The highest BCUT2D eigenvalue weighted by molar-refractivity contribution is 6.00. The summed E-state index contributed by atoms with van der Waals surface area (Å²) in [4.78, 5) is 26.5. The molecule has 39 heavy (non-hydrogen) atoms. The lowest BCUT2D eigenvalue weighted by Gasteiger charge is -2.39. The summed E-state index contributed by atoms with van der Waals surface area (Å²) in [5.41, 5.74) is -0.258. The van der Waals surface area contributed by atoms with Gasteiger partial charge >= 0.3 is 0 Å². The van der Waals surface area contributed by atoms with E-state index in [-0.39, 0.29) is 27.6 Å². The molecular weight excluding hydrogens is 508 g/mol. The van der Waals surface area contributed by atoms with Crippen LogP contribution in [0.2, 0.25) is 0 Å². The Labute approximate surface area is 226 Å². The summed E-state index contributed by atoms with van der Waals surface area (Å²) in [5.74, 6) is -3.46. The van der Waals surface area contributed by atoms with Crippen LogP contribution in [0.15, 0.2) is 52.9 Å². The smallest absolute Gasteiger partial charge is 0.287 e. The minimum Gasteiger partial charge on any atom is -0.486 e. The average molecular weight is 540 g/mol. The van der Waals surface area contributed by atoms with Crippen molar-refractivity contribution in [1.82, 2.24) is 10.6 Å². The van der Waals surface area contributed by atoms with Crippen LogP contribution in [-0.2, 0) is 9.53 Å². The van der Waals surface area contributed by atoms with Gasteiger partial charge in [0.1, 0.15) is 28.5 Å². The van der Waals surface area contributed by atoms with E-state index in [1.165, 1.54) is 0 Å². The largest absolute Gasteiger partial charge is 0.486 e. The molecule has 2 heterocycles. The van der Waals surface area contributed by atoms with Crippen molar-refractivity contribution in [3.8, 4) is 22.9 Å². The summed E-state index contributed by atoms with van der Waals surface area (Å²) in [7, 11) is 0. The standard InChI is InChI=1S/C29H27F2N3O5.2H2/c30-29(31)11-9-28(10-12-29,26(36)34-27(17-32)7-8-27)33-25(35)24-14-20-2-1-19(13-23(20)39-24)18-3-5-21(6-4-18)38-22-15-37-16-22;;/h1-6,13-14,22H,7-12,15-16H2,(H,33,35)(H,34,36);2*1H. The maximum atomic E-state index is 14.0. The molecule has 206 valence electrons. The number of nitrogens with zero attached hydrogens (tertiary/aromatic N) is 1. The van der Waals surface area contributed by atoms with Crippen molar-refractivity contribution in [3.05, 3.63) is 54.3 Å². The van der Waals surface area contributed by atoms with Gasteiger partial charge < -0.3 is 24.5 Å². The van der Waals surface area contributed by atoms with Crippen molar-refractivity contribution in [2.24, 2.45) is 0 Å². The Morgan fingerprint density at radius 3 is 2.26 bits per heavy atom. The number of carbonyl (C=O) groups is 2. The van der Waals surface area contributed by atoms with E-state index in [9.17, 15) is 23.6 Å². The number of furan rings is 1. The van der Waals surface area contributed by atoms with Gasteiger partial charge in [-0.25, -0.2) is 8.78 Å². The zero-order valence-corrected chi connectivity index (χ0v) is 21.1. The van der Waals surface area contributed by atoms with Crippen LogP contribution in [0.4, 0.5) is 8.78 Å². The van der Waals surface area contributed by atoms with Gasteiger partial charge in [-0.3, -0.25) is 9.59 Å². The van der Waals surface area contributed by atoms with Crippen LogP contribution in [0, 0.1) is 11.3 Å². The fraction of sp³-hybridized carbons (Fsp3) is 0.414. The molecule has 3 fully saturated rings. The predicted molar refractivity (Wildman–Crippen MR) is 140 cm³/mol. The van der Waals surface area contributed by atoms with Gasteiger partial charge in [-0.15, -0.1) is 0 Å². The van der Waals surface area contributed by atoms with Crippen LogP contribution in [-0.4, -0.2) is 48.1 Å². The Balaban J connectivity index is 0.00000194. The van der Waals surface area contributed by atoms with E-state index >= 15 is 0 Å². The Kier molecular flexibility index (Phi) is 6.07. The minimum atomic E-state index is -2.91. The maximum absolute atomic E-state index is 14.0. The van der Waals surface area contributed by atoms with Crippen molar-refractivity contribution in [2.45, 2.75) is 61.6 Å². The van der Waals surface area contributed by atoms with Gasteiger partial charge in [0.2, 0.25) is 11.8 Å². The van der Waals surface area contributed by atoms with E-state index in [2.05, 4.69) is 16.7 Å². The van der Waals surface area contributed by atoms with Gasteiger partial charge in [-0.1, -0.05) is 24.3 Å². The number of amides is 2. The number of fused-ring (bicyclic) bond motifs is 1. The van der Waals surface area contributed by atoms with Crippen molar-refractivity contribution in [2.75, 3.05) is 13.2 Å². The van der Waals surface area contributed by atoms with Crippen LogP contribution in [0.3, 0.4) is 0 Å². The predicted octanol–water partition coefficient (Wildman–Crippen LogP) is 5.22. The number of halogens is 2. The molecule has 6 rings (SSSR count). The zero-order valence-electron chi connectivity index (χ0n) is 21.1. The quantitative estimate of drug-likeness (QED) is 0.426. The molecule has 0 atom stereocenters. The molecule has 2 saturated carbocycles. The molecular formula is C29H31F2N3O5. The molecule has 1 saturated heterocycles. The maximum Gasteiger partial charge on any atom is 0.287 e. The molecule has 2 aliphatic carbocycles. The molecule has 0 unspecified atom stereocenters.